The van der Waals surface area contributed by atoms with Gasteiger partial charge < -0.3 is 5.43 Å². The van der Waals surface area contributed by atoms with Crippen LogP contribution in [0.5, 0.6) is 0 Å². The summed E-state index contributed by atoms with van der Waals surface area (Å²) in [6.07, 6.45) is 2.24. The van der Waals surface area contributed by atoms with E-state index < -0.39 is 0 Å². The molecule has 0 amide bonds. The molecule has 0 saturated heterocycles. The molecule has 0 unspecified atom stereocenters. The number of nitrogen functional groups attached to an aromatic ring is 1. The van der Waals surface area contributed by atoms with Gasteiger partial charge in [-0.05, 0) is 36.1 Å². The number of hydrazine groups is 1. The molecule has 1 aromatic heterocycles. The Bertz CT molecular complexity index is 547. The summed E-state index contributed by atoms with van der Waals surface area (Å²) in [5.74, 6) is 6.03. The van der Waals surface area contributed by atoms with Gasteiger partial charge in [-0.3, -0.25) is 10.8 Å². The number of hydrogen-bond donors (Lipinski definition) is 2. The van der Waals surface area contributed by atoms with Gasteiger partial charge in [0.2, 0.25) is 0 Å². The molecule has 2 aromatic rings. The molecule has 18 heavy (non-hydrogen) atoms. The van der Waals surface area contributed by atoms with Crippen LogP contribution in [0.1, 0.15) is 44.4 Å². The minimum atomic E-state index is 0.400. The van der Waals surface area contributed by atoms with Gasteiger partial charge in [-0.2, -0.15) is 0 Å². The van der Waals surface area contributed by atoms with E-state index in [9.17, 15) is 0 Å². The molecule has 0 radical (unpaired) electrons. The second-order valence-corrected chi connectivity index (χ2v) is 5.00. The first-order valence-corrected chi connectivity index (χ1v) is 6.56. The lowest BCUT2D eigenvalue weighted by atomic mass is 10.0. The van der Waals surface area contributed by atoms with Crippen molar-refractivity contribution in [3.8, 4) is 0 Å². The van der Waals surface area contributed by atoms with Gasteiger partial charge in [0, 0.05) is 11.1 Å². The van der Waals surface area contributed by atoms with Crippen molar-refractivity contribution in [3.63, 3.8) is 0 Å². The Hall–Kier alpha value is -1.61. The fraction of sp³-hybridized carbons (Fsp3) is 0.400. The fourth-order valence-corrected chi connectivity index (χ4v) is 2.15. The highest BCUT2D eigenvalue weighted by Crippen LogP contribution is 2.27. The molecule has 1 aromatic carbocycles. The number of rotatable bonds is 4. The van der Waals surface area contributed by atoms with Crippen LogP contribution in [-0.4, -0.2) is 4.98 Å². The lowest BCUT2D eigenvalue weighted by Crippen LogP contribution is -2.09. The lowest BCUT2D eigenvalue weighted by Gasteiger charge is -2.12. The molecule has 3 N–H and O–H groups in total. The Labute approximate surface area is 108 Å². The van der Waals surface area contributed by atoms with Crippen molar-refractivity contribution in [1.29, 1.82) is 0 Å². The van der Waals surface area contributed by atoms with Gasteiger partial charge >= 0.3 is 0 Å². The van der Waals surface area contributed by atoms with E-state index in [1.54, 1.807) is 0 Å². The number of aryl methyl sites for hydroxylation is 1. The first kappa shape index (κ1) is 12.8. The van der Waals surface area contributed by atoms with Crippen LogP contribution in [0.4, 0.5) is 5.69 Å². The Morgan fingerprint density at radius 2 is 2.06 bits per heavy atom. The summed E-state index contributed by atoms with van der Waals surface area (Å²) >= 11 is 0. The van der Waals surface area contributed by atoms with Crippen molar-refractivity contribution in [1.82, 2.24) is 4.98 Å². The average molecular weight is 243 g/mol. The average Bonchev–Trinajstić information content (AvgIpc) is 2.37. The van der Waals surface area contributed by atoms with Crippen LogP contribution in [0, 0.1) is 0 Å². The summed E-state index contributed by atoms with van der Waals surface area (Å²) in [7, 11) is 0. The van der Waals surface area contributed by atoms with Crippen LogP contribution in [-0.2, 0) is 6.42 Å². The van der Waals surface area contributed by atoms with Crippen molar-refractivity contribution in [3.05, 3.63) is 35.5 Å². The molecule has 0 spiro atoms. The summed E-state index contributed by atoms with van der Waals surface area (Å²) in [6, 6.07) is 8.48. The van der Waals surface area contributed by atoms with Crippen molar-refractivity contribution < 1.29 is 0 Å². The maximum absolute atomic E-state index is 5.63. The molecule has 2 rings (SSSR count). The predicted molar refractivity (Wildman–Crippen MR) is 77.6 cm³/mol. The molecule has 3 heteroatoms. The van der Waals surface area contributed by atoms with E-state index in [0.29, 0.717) is 5.92 Å². The minimum absolute atomic E-state index is 0.400. The van der Waals surface area contributed by atoms with E-state index >= 15 is 0 Å². The molecule has 0 aliphatic carbocycles. The molecule has 0 fully saturated rings. The highest BCUT2D eigenvalue weighted by atomic mass is 15.2. The maximum atomic E-state index is 5.63. The third kappa shape index (κ3) is 2.46. The van der Waals surface area contributed by atoms with Gasteiger partial charge in [0.1, 0.15) is 0 Å². The number of nitrogens with two attached hydrogens (primary N) is 1. The standard InChI is InChI=1S/C15H21N3/c1-4-5-11-6-7-13-12(8-11)15(18-16)9-14(17-13)10(2)3/h6-10H,4-5,16H2,1-3H3,(H,17,18). The summed E-state index contributed by atoms with van der Waals surface area (Å²) in [6.45, 7) is 6.46. The van der Waals surface area contributed by atoms with Crippen molar-refractivity contribution in [2.45, 2.75) is 39.5 Å². The molecule has 0 bridgehead atoms. The largest absolute Gasteiger partial charge is 0.323 e. The van der Waals surface area contributed by atoms with E-state index in [4.69, 9.17) is 5.84 Å². The van der Waals surface area contributed by atoms with E-state index in [1.165, 1.54) is 5.56 Å². The number of pyridine rings is 1. The lowest BCUT2D eigenvalue weighted by molar-refractivity contribution is 0.830. The van der Waals surface area contributed by atoms with Crippen LogP contribution in [0.2, 0.25) is 0 Å². The van der Waals surface area contributed by atoms with Gasteiger partial charge in [0.15, 0.2) is 0 Å². The van der Waals surface area contributed by atoms with Crippen LogP contribution < -0.4 is 11.3 Å². The molecule has 0 atom stereocenters. The van der Waals surface area contributed by atoms with Gasteiger partial charge in [-0.1, -0.05) is 33.3 Å². The zero-order chi connectivity index (χ0) is 13.1. The summed E-state index contributed by atoms with van der Waals surface area (Å²) in [5, 5.41) is 1.10. The maximum Gasteiger partial charge on any atom is 0.0726 e. The summed E-state index contributed by atoms with van der Waals surface area (Å²) in [5.41, 5.74) is 7.16. The van der Waals surface area contributed by atoms with E-state index in [0.717, 1.165) is 35.1 Å². The number of benzene rings is 1. The van der Waals surface area contributed by atoms with Crippen LogP contribution in [0.25, 0.3) is 10.9 Å². The van der Waals surface area contributed by atoms with Gasteiger partial charge in [-0.25, -0.2) is 0 Å². The number of aromatic nitrogens is 1. The zero-order valence-corrected chi connectivity index (χ0v) is 11.3. The van der Waals surface area contributed by atoms with Crippen LogP contribution in [0.15, 0.2) is 24.3 Å². The number of hydrogen-bond acceptors (Lipinski definition) is 3. The Morgan fingerprint density at radius 3 is 2.67 bits per heavy atom. The molecule has 3 nitrogen and oxygen atoms in total. The fourth-order valence-electron chi connectivity index (χ4n) is 2.15. The normalized spacial score (nSPS) is 11.2. The SMILES string of the molecule is CCCc1ccc2nc(C(C)C)cc(NN)c2c1. The number of nitrogens with zero attached hydrogens (tertiary/aromatic N) is 1. The Morgan fingerprint density at radius 1 is 1.28 bits per heavy atom. The van der Waals surface area contributed by atoms with E-state index in [2.05, 4.69) is 49.4 Å². The molecule has 1 heterocycles. The first-order chi connectivity index (χ1) is 8.65. The molecular formula is C15H21N3. The van der Waals surface area contributed by atoms with Crippen LogP contribution in [0.3, 0.4) is 0 Å². The van der Waals surface area contributed by atoms with Gasteiger partial charge in [-0.15, -0.1) is 0 Å². The van der Waals surface area contributed by atoms with Gasteiger partial charge in [0.25, 0.3) is 0 Å². The van der Waals surface area contributed by atoms with Crippen LogP contribution >= 0.6 is 0 Å². The third-order valence-electron chi connectivity index (χ3n) is 3.18. The number of fused-ring (bicyclic) bond motifs is 1. The zero-order valence-electron chi connectivity index (χ0n) is 11.3. The predicted octanol–water partition coefficient (Wildman–Crippen LogP) is 3.60. The Balaban J connectivity index is 2.60. The van der Waals surface area contributed by atoms with Crippen molar-refractivity contribution >= 4 is 16.6 Å². The molecule has 0 aliphatic heterocycles. The number of nitrogens with one attached hydrogen (secondary N) is 1. The summed E-state index contributed by atoms with van der Waals surface area (Å²) in [4.78, 5) is 4.69. The molecule has 0 saturated carbocycles. The number of anilines is 1. The minimum Gasteiger partial charge on any atom is -0.323 e. The highest BCUT2D eigenvalue weighted by Gasteiger charge is 2.08. The molecular weight excluding hydrogens is 222 g/mol. The smallest absolute Gasteiger partial charge is 0.0726 e. The Kier molecular flexibility index (Phi) is 3.82. The second-order valence-electron chi connectivity index (χ2n) is 5.00. The van der Waals surface area contributed by atoms with E-state index in [-0.39, 0.29) is 0 Å². The molecule has 0 aliphatic rings. The second kappa shape index (κ2) is 5.36. The topological polar surface area (TPSA) is 50.9 Å². The van der Waals surface area contributed by atoms with Crippen molar-refractivity contribution in [2.24, 2.45) is 5.84 Å². The monoisotopic (exact) mass is 243 g/mol. The van der Waals surface area contributed by atoms with Crippen molar-refractivity contribution in [2.75, 3.05) is 5.43 Å². The highest BCUT2D eigenvalue weighted by molar-refractivity contribution is 5.91. The first-order valence-electron chi connectivity index (χ1n) is 6.56. The van der Waals surface area contributed by atoms with E-state index in [1.807, 2.05) is 6.07 Å². The quantitative estimate of drug-likeness (QED) is 0.637. The molecule has 96 valence electrons. The van der Waals surface area contributed by atoms with Gasteiger partial charge in [0.05, 0.1) is 11.2 Å². The third-order valence-corrected chi connectivity index (χ3v) is 3.18. The summed E-state index contributed by atoms with van der Waals surface area (Å²) < 4.78 is 0.